The quantitative estimate of drug-likeness (QED) is 0.878. The third-order valence-electron chi connectivity index (χ3n) is 2.92. The lowest BCUT2D eigenvalue weighted by atomic mass is 10.2. The number of ether oxygens (including phenoxy) is 2. The van der Waals surface area contributed by atoms with Gasteiger partial charge in [0.2, 0.25) is 0 Å². The molecule has 0 unspecified atom stereocenters. The maximum absolute atomic E-state index is 13.7. The number of para-hydroxylation sites is 1. The molecular weight excluding hydrogens is 295 g/mol. The van der Waals surface area contributed by atoms with Gasteiger partial charge in [-0.05, 0) is 25.1 Å². The van der Waals surface area contributed by atoms with Gasteiger partial charge in [0.05, 0.1) is 13.2 Å². The predicted octanol–water partition coefficient (Wildman–Crippen LogP) is 3.95. The minimum Gasteiger partial charge on any atom is -0.490 e. The first-order chi connectivity index (χ1) is 10.2. The summed E-state index contributed by atoms with van der Waals surface area (Å²) in [6, 6.07) is 9.66. The Kier molecular flexibility index (Phi) is 5.42. The summed E-state index contributed by atoms with van der Waals surface area (Å²) >= 11 is 5.71. The summed E-state index contributed by atoms with van der Waals surface area (Å²) in [4.78, 5) is 0. The van der Waals surface area contributed by atoms with Gasteiger partial charge in [0.15, 0.2) is 11.5 Å². The van der Waals surface area contributed by atoms with Gasteiger partial charge in [-0.15, -0.1) is 0 Å². The summed E-state index contributed by atoms with van der Waals surface area (Å²) in [5.74, 6) is 0.525. The van der Waals surface area contributed by atoms with Crippen molar-refractivity contribution in [2.45, 2.75) is 20.1 Å². The predicted molar refractivity (Wildman–Crippen MR) is 79.3 cm³/mol. The van der Waals surface area contributed by atoms with Crippen LogP contribution >= 0.6 is 11.6 Å². The minimum absolute atomic E-state index is 0.0279. The topological polar surface area (TPSA) is 38.7 Å². The number of hydrogen-bond acceptors (Lipinski definition) is 3. The SMILES string of the molecule is CCOc1cccc(CO)c1OCc1ccc(Cl)cc1F. The van der Waals surface area contributed by atoms with Crippen molar-refractivity contribution >= 4 is 11.6 Å². The molecule has 0 aromatic heterocycles. The van der Waals surface area contributed by atoms with E-state index in [4.69, 9.17) is 21.1 Å². The molecule has 0 radical (unpaired) electrons. The van der Waals surface area contributed by atoms with Crippen molar-refractivity contribution in [3.8, 4) is 11.5 Å². The Morgan fingerprint density at radius 3 is 2.62 bits per heavy atom. The van der Waals surface area contributed by atoms with Crippen molar-refractivity contribution in [3.05, 3.63) is 58.4 Å². The van der Waals surface area contributed by atoms with Crippen LogP contribution in [0.15, 0.2) is 36.4 Å². The molecule has 3 nitrogen and oxygen atoms in total. The standard InChI is InChI=1S/C16H16ClFO3/c1-2-20-15-5-3-4-11(9-19)16(15)21-10-12-6-7-13(17)8-14(12)18/h3-8,19H,2,9-10H2,1H3. The average Bonchev–Trinajstić information content (AvgIpc) is 2.47. The van der Waals surface area contributed by atoms with E-state index < -0.39 is 5.82 Å². The highest BCUT2D eigenvalue weighted by molar-refractivity contribution is 6.30. The molecule has 0 spiro atoms. The first kappa shape index (κ1) is 15.6. The smallest absolute Gasteiger partial charge is 0.167 e. The van der Waals surface area contributed by atoms with Crippen LogP contribution in [0.4, 0.5) is 4.39 Å². The lowest BCUT2D eigenvalue weighted by molar-refractivity contribution is 0.241. The van der Waals surface area contributed by atoms with Crippen LogP contribution in [0.5, 0.6) is 11.5 Å². The summed E-state index contributed by atoms with van der Waals surface area (Å²) in [5.41, 5.74) is 0.977. The number of halogens is 2. The van der Waals surface area contributed by atoms with Crippen LogP contribution in [-0.4, -0.2) is 11.7 Å². The van der Waals surface area contributed by atoms with Crippen molar-refractivity contribution in [1.29, 1.82) is 0 Å². The maximum Gasteiger partial charge on any atom is 0.167 e. The van der Waals surface area contributed by atoms with E-state index in [1.165, 1.54) is 6.07 Å². The maximum atomic E-state index is 13.7. The van der Waals surface area contributed by atoms with Crippen molar-refractivity contribution in [2.75, 3.05) is 6.61 Å². The van der Waals surface area contributed by atoms with Gasteiger partial charge in [-0.1, -0.05) is 29.8 Å². The van der Waals surface area contributed by atoms with E-state index in [0.29, 0.717) is 34.3 Å². The Morgan fingerprint density at radius 1 is 1.14 bits per heavy atom. The van der Waals surface area contributed by atoms with Crippen molar-refractivity contribution in [2.24, 2.45) is 0 Å². The fourth-order valence-electron chi connectivity index (χ4n) is 1.91. The zero-order valence-corrected chi connectivity index (χ0v) is 12.4. The molecule has 0 aliphatic carbocycles. The van der Waals surface area contributed by atoms with Crippen LogP contribution in [0.2, 0.25) is 5.02 Å². The highest BCUT2D eigenvalue weighted by Gasteiger charge is 2.12. The largest absolute Gasteiger partial charge is 0.490 e. The second kappa shape index (κ2) is 7.29. The number of benzene rings is 2. The van der Waals surface area contributed by atoms with E-state index in [0.717, 1.165) is 0 Å². The van der Waals surface area contributed by atoms with E-state index >= 15 is 0 Å². The Morgan fingerprint density at radius 2 is 1.95 bits per heavy atom. The van der Waals surface area contributed by atoms with Gasteiger partial charge < -0.3 is 14.6 Å². The summed E-state index contributed by atoms with van der Waals surface area (Å²) in [7, 11) is 0. The molecule has 21 heavy (non-hydrogen) atoms. The molecule has 0 aliphatic rings. The molecule has 0 aliphatic heterocycles. The fraction of sp³-hybridized carbons (Fsp3) is 0.250. The van der Waals surface area contributed by atoms with Gasteiger partial charge in [-0.25, -0.2) is 4.39 Å². The first-order valence-corrected chi connectivity index (χ1v) is 6.95. The van der Waals surface area contributed by atoms with Gasteiger partial charge in [0.1, 0.15) is 12.4 Å². The van der Waals surface area contributed by atoms with Gasteiger partial charge in [-0.2, -0.15) is 0 Å². The lowest BCUT2D eigenvalue weighted by Crippen LogP contribution is -2.04. The molecule has 2 rings (SSSR count). The van der Waals surface area contributed by atoms with Gasteiger partial charge in [-0.3, -0.25) is 0 Å². The number of hydrogen-bond donors (Lipinski definition) is 1. The van der Waals surface area contributed by atoms with Crippen molar-refractivity contribution in [3.63, 3.8) is 0 Å². The fourth-order valence-corrected chi connectivity index (χ4v) is 2.07. The molecule has 2 aromatic carbocycles. The van der Waals surface area contributed by atoms with Crippen molar-refractivity contribution in [1.82, 2.24) is 0 Å². The summed E-state index contributed by atoms with van der Waals surface area (Å²) in [6.45, 7) is 2.17. The van der Waals surface area contributed by atoms with E-state index in [-0.39, 0.29) is 13.2 Å². The van der Waals surface area contributed by atoms with E-state index in [1.54, 1.807) is 30.3 Å². The summed E-state index contributed by atoms with van der Waals surface area (Å²) < 4.78 is 24.9. The van der Waals surface area contributed by atoms with Crippen LogP contribution in [0.25, 0.3) is 0 Å². The molecule has 0 fully saturated rings. The highest BCUT2D eigenvalue weighted by atomic mass is 35.5. The zero-order valence-electron chi connectivity index (χ0n) is 11.6. The molecular formula is C16H16ClFO3. The monoisotopic (exact) mass is 310 g/mol. The van der Waals surface area contributed by atoms with Crippen LogP contribution < -0.4 is 9.47 Å². The highest BCUT2D eigenvalue weighted by Crippen LogP contribution is 2.32. The third kappa shape index (κ3) is 3.86. The molecule has 1 N–H and O–H groups in total. The van der Waals surface area contributed by atoms with E-state index in [1.807, 2.05) is 6.92 Å². The average molecular weight is 311 g/mol. The minimum atomic E-state index is -0.429. The normalized spacial score (nSPS) is 10.5. The Hall–Kier alpha value is -1.78. The van der Waals surface area contributed by atoms with Gasteiger partial charge >= 0.3 is 0 Å². The van der Waals surface area contributed by atoms with Gasteiger partial charge in [0, 0.05) is 16.1 Å². The van der Waals surface area contributed by atoms with Crippen LogP contribution in [-0.2, 0) is 13.2 Å². The zero-order chi connectivity index (χ0) is 15.2. The Bertz CT molecular complexity index is 616. The molecule has 0 saturated heterocycles. The summed E-state index contributed by atoms with van der Waals surface area (Å²) in [6.07, 6.45) is 0. The second-order valence-electron chi connectivity index (χ2n) is 4.36. The van der Waals surface area contributed by atoms with Crippen LogP contribution in [0.1, 0.15) is 18.1 Å². The molecule has 112 valence electrons. The number of rotatable bonds is 6. The molecule has 0 heterocycles. The lowest BCUT2D eigenvalue weighted by Gasteiger charge is -2.15. The molecule has 2 aromatic rings. The van der Waals surface area contributed by atoms with Crippen molar-refractivity contribution < 1.29 is 19.0 Å². The molecule has 0 amide bonds. The molecule has 0 atom stereocenters. The third-order valence-corrected chi connectivity index (χ3v) is 3.15. The van der Waals surface area contributed by atoms with Crippen LogP contribution in [0, 0.1) is 5.82 Å². The molecule has 5 heteroatoms. The second-order valence-corrected chi connectivity index (χ2v) is 4.80. The molecule has 0 bridgehead atoms. The number of aliphatic hydroxyl groups excluding tert-OH is 1. The van der Waals surface area contributed by atoms with E-state index in [9.17, 15) is 9.50 Å². The van der Waals surface area contributed by atoms with Crippen LogP contribution in [0.3, 0.4) is 0 Å². The Balaban J connectivity index is 2.22. The number of aliphatic hydroxyl groups is 1. The summed E-state index contributed by atoms with van der Waals surface area (Å²) in [5, 5.41) is 9.71. The Labute approximate surface area is 127 Å². The van der Waals surface area contributed by atoms with E-state index in [2.05, 4.69) is 0 Å². The molecule has 0 saturated carbocycles. The first-order valence-electron chi connectivity index (χ1n) is 6.58. The van der Waals surface area contributed by atoms with Gasteiger partial charge in [0.25, 0.3) is 0 Å².